The highest BCUT2D eigenvalue weighted by Crippen LogP contribution is 2.25. The van der Waals surface area contributed by atoms with Crippen molar-refractivity contribution in [3.63, 3.8) is 0 Å². The molecule has 8 heteroatoms. The summed E-state index contributed by atoms with van der Waals surface area (Å²) in [7, 11) is 0. The van der Waals surface area contributed by atoms with Crippen LogP contribution in [0.2, 0.25) is 15.1 Å². The summed E-state index contributed by atoms with van der Waals surface area (Å²) in [5, 5.41) is 3.77. The Hall–Kier alpha value is -1.82. The Morgan fingerprint density at radius 2 is 1.76 bits per heavy atom. The van der Waals surface area contributed by atoms with E-state index in [0.29, 0.717) is 15.6 Å². The first kappa shape index (κ1) is 23.5. The summed E-state index contributed by atoms with van der Waals surface area (Å²) in [5.41, 5.74) is 0.705. The van der Waals surface area contributed by atoms with Crippen molar-refractivity contribution >= 4 is 46.6 Å². The van der Waals surface area contributed by atoms with E-state index in [1.165, 1.54) is 23.1 Å². The molecular weight excluding hydrogens is 438 g/mol. The molecule has 0 saturated carbocycles. The summed E-state index contributed by atoms with van der Waals surface area (Å²) in [6.07, 6.45) is -0.282. The van der Waals surface area contributed by atoms with Crippen molar-refractivity contribution in [2.24, 2.45) is 0 Å². The van der Waals surface area contributed by atoms with Crippen LogP contribution in [0.25, 0.3) is 0 Å². The number of benzene rings is 2. The van der Waals surface area contributed by atoms with Crippen molar-refractivity contribution < 1.29 is 14.0 Å². The zero-order chi connectivity index (χ0) is 21.7. The van der Waals surface area contributed by atoms with Gasteiger partial charge in [0.25, 0.3) is 0 Å². The highest BCUT2D eigenvalue weighted by atomic mass is 35.5. The minimum absolute atomic E-state index is 0.0631. The quantitative estimate of drug-likeness (QED) is 0.613. The minimum atomic E-state index is -0.804. The second-order valence-corrected chi connectivity index (χ2v) is 8.22. The highest BCUT2D eigenvalue weighted by molar-refractivity contribution is 6.35. The van der Waals surface area contributed by atoms with E-state index in [1.807, 2.05) is 13.8 Å². The predicted octanol–water partition coefficient (Wildman–Crippen LogP) is 5.27. The first-order valence-corrected chi connectivity index (χ1v) is 10.2. The SMILES string of the molecule is CC(C)NC(=O)[C@@H](C)N(Cc1ccc(Cl)cc1Cl)C(=O)Cc1c(F)cccc1Cl. The van der Waals surface area contributed by atoms with Crippen molar-refractivity contribution in [3.8, 4) is 0 Å². The van der Waals surface area contributed by atoms with Gasteiger partial charge in [0.15, 0.2) is 0 Å². The third kappa shape index (κ3) is 6.33. The smallest absolute Gasteiger partial charge is 0.242 e. The molecule has 0 unspecified atom stereocenters. The predicted molar refractivity (Wildman–Crippen MR) is 115 cm³/mol. The number of nitrogens with one attached hydrogen (secondary N) is 1. The van der Waals surface area contributed by atoms with Crippen molar-refractivity contribution in [2.45, 2.75) is 45.8 Å². The van der Waals surface area contributed by atoms with Gasteiger partial charge in [-0.1, -0.05) is 46.9 Å². The molecule has 1 atom stereocenters. The number of carbonyl (C=O) groups is 2. The maximum Gasteiger partial charge on any atom is 0.242 e. The molecule has 0 saturated heterocycles. The lowest BCUT2D eigenvalue weighted by molar-refractivity contribution is -0.140. The van der Waals surface area contributed by atoms with Crippen molar-refractivity contribution in [3.05, 3.63) is 68.4 Å². The average molecular weight is 460 g/mol. The topological polar surface area (TPSA) is 49.4 Å². The van der Waals surface area contributed by atoms with Crippen molar-refractivity contribution in [2.75, 3.05) is 0 Å². The van der Waals surface area contributed by atoms with Gasteiger partial charge in [-0.15, -0.1) is 0 Å². The monoisotopic (exact) mass is 458 g/mol. The van der Waals surface area contributed by atoms with E-state index >= 15 is 0 Å². The van der Waals surface area contributed by atoms with Gasteiger partial charge in [-0.05, 0) is 50.6 Å². The normalized spacial score (nSPS) is 12.0. The van der Waals surface area contributed by atoms with Gasteiger partial charge in [0.05, 0.1) is 6.42 Å². The second-order valence-electron chi connectivity index (χ2n) is 6.97. The lowest BCUT2D eigenvalue weighted by Crippen LogP contribution is -2.49. The largest absolute Gasteiger partial charge is 0.352 e. The van der Waals surface area contributed by atoms with Crippen LogP contribution in [0.4, 0.5) is 4.39 Å². The molecule has 0 aliphatic carbocycles. The summed E-state index contributed by atoms with van der Waals surface area (Å²) in [6.45, 7) is 5.33. The summed E-state index contributed by atoms with van der Waals surface area (Å²) in [5.74, 6) is -1.35. The molecule has 0 radical (unpaired) electrons. The van der Waals surface area contributed by atoms with Crippen molar-refractivity contribution in [1.82, 2.24) is 10.2 Å². The molecule has 2 aromatic rings. The van der Waals surface area contributed by atoms with E-state index < -0.39 is 17.8 Å². The standard InChI is InChI=1S/C21H22Cl3FN2O2/c1-12(2)26-21(29)13(3)27(11-14-7-8-15(22)9-18(14)24)20(28)10-16-17(23)5-4-6-19(16)25/h4-9,12-13H,10-11H2,1-3H3,(H,26,29)/t13-/m1/s1. The Labute approximate surface area is 184 Å². The molecule has 0 heterocycles. The molecule has 0 aliphatic heterocycles. The lowest BCUT2D eigenvalue weighted by Gasteiger charge is -2.30. The molecule has 0 bridgehead atoms. The van der Waals surface area contributed by atoms with Crippen LogP contribution >= 0.6 is 34.8 Å². The Kier molecular flexibility index (Phi) is 8.32. The second kappa shape index (κ2) is 10.3. The number of hydrogen-bond donors (Lipinski definition) is 1. The Morgan fingerprint density at radius 1 is 1.07 bits per heavy atom. The molecule has 2 amide bonds. The van der Waals surface area contributed by atoms with Crippen LogP contribution in [0, 0.1) is 5.82 Å². The van der Waals surface area contributed by atoms with Crippen LogP contribution in [0.5, 0.6) is 0 Å². The van der Waals surface area contributed by atoms with E-state index in [9.17, 15) is 14.0 Å². The molecule has 29 heavy (non-hydrogen) atoms. The molecule has 0 fully saturated rings. The maximum absolute atomic E-state index is 14.2. The summed E-state index contributed by atoms with van der Waals surface area (Å²) in [6, 6.07) is 8.23. The van der Waals surface area contributed by atoms with Crippen LogP contribution < -0.4 is 5.32 Å². The van der Waals surface area contributed by atoms with Gasteiger partial charge in [-0.3, -0.25) is 9.59 Å². The number of nitrogens with zero attached hydrogens (tertiary/aromatic N) is 1. The Balaban J connectivity index is 2.34. The Bertz CT molecular complexity index is 885. The number of hydrogen-bond acceptors (Lipinski definition) is 2. The summed E-state index contributed by atoms with van der Waals surface area (Å²) < 4.78 is 14.2. The van der Waals surface area contributed by atoms with Gasteiger partial charge in [-0.25, -0.2) is 4.39 Å². The fourth-order valence-corrected chi connectivity index (χ4v) is 3.47. The van der Waals surface area contributed by atoms with Gasteiger partial charge in [-0.2, -0.15) is 0 Å². The Morgan fingerprint density at radius 3 is 2.34 bits per heavy atom. The first-order valence-electron chi connectivity index (χ1n) is 9.06. The van der Waals surface area contributed by atoms with E-state index in [-0.39, 0.29) is 35.5 Å². The number of rotatable bonds is 7. The average Bonchev–Trinajstić information content (AvgIpc) is 2.63. The molecule has 2 rings (SSSR count). The number of halogens is 4. The summed E-state index contributed by atoms with van der Waals surface area (Å²) >= 11 is 18.3. The van der Waals surface area contributed by atoms with E-state index in [1.54, 1.807) is 25.1 Å². The number of amides is 2. The minimum Gasteiger partial charge on any atom is -0.352 e. The highest BCUT2D eigenvalue weighted by Gasteiger charge is 2.28. The van der Waals surface area contributed by atoms with Gasteiger partial charge in [0, 0.05) is 33.2 Å². The first-order chi connectivity index (χ1) is 13.6. The van der Waals surface area contributed by atoms with E-state index in [4.69, 9.17) is 34.8 Å². The van der Waals surface area contributed by atoms with Gasteiger partial charge in [0.2, 0.25) is 11.8 Å². The van der Waals surface area contributed by atoms with Gasteiger partial charge in [0.1, 0.15) is 11.9 Å². The van der Waals surface area contributed by atoms with Crippen LogP contribution in [0.15, 0.2) is 36.4 Å². The van der Waals surface area contributed by atoms with Crippen LogP contribution in [0.3, 0.4) is 0 Å². The van der Waals surface area contributed by atoms with Crippen molar-refractivity contribution in [1.29, 1.82) is 0 Å². The molecule has 0 spiro atoms. The molecule has 0 aliphatic rings. The van der Waals surface area contributed by atoms with Crippen LogP contribution in [0.1, 0.15) is 31.9 Å². The third-order valence-electron chi connectivity index (χ3n) is 4.34. The number of carbonyl (C=O) groups excluding carboxylic acids is 2. The van der Waals surface area contributed by atoms with Crippen LogP contribution in [-0.2, 0) is 22.6 Å². The van der Waals surface area contributed by atoms with Gasteiger partial charge >= 0.3 is 0 Å². The zero-order valence-electron chi connectivity index (χ0n) is 16.3. The fourth-order valence-electron chi connectivity index (χ4n) is 2.78. The fraction of sp³-hybridized carbons (Fsp3) is 0.333. The third-order valence-corrected chi connectivity index (χ3v) is 5.28. The van der Waals surface area contributed by atoms with Crippen LogP contribution in [-0.4, -0.2) is 28.8 Å². The molecule has 2 aromatic carbocycles. The molecule has 156 valence electrons. The van der Waals surface area contributed by atoms with E-state index in [0.717, 1.165) is 0 Å². The molecule has 0 aromatic heterocycles. The maximum atomic E-state index is 14.2. The molecular formula is C21H22Cl3FN2O2. The van der Waals surface area contributed by atoms with E-state index in [2.05, 4.69) is 5.32 Å². The summed E-state index contributed by atoms with van der Waals surface area (Å²) in [4.78, 5) is 27.0. The molecule has 1 N–H and O–H groups in total. The zero-order valence-corrected chi connectivity index (χ0v) is 18.6. The molecule has 4 nitrogen and oxygen atoms in total. The lowest BCUT2D eigenvalue weighted by atomic mass is 10.1. The van der Waals surface area contributed by atoms with Gasteiger partial charge < -0.3 is 10.2 Å².